The van der Waals surface area contributed by atoms with Crippen LogP contribution in [0.4, 0.5) is 5.69 Å². The van der Waals surface area contributed by atoms with Crippen LogP contribution in [0.2, 0.25) is 0 Å². The molecule has 0 saturated carbocycles. The van der Waals surface area contributed by atoms with E-state index in [4.69, 9.17) is 0 Å². The average molecular weight is 444 g/mol. The molecule has 7 heteroatoms. The van der Waals surface area contributed by atoms with Crippen LogP contribution in [0.1, 0.15) is 25.0 Å². The second-order valence-corrected chi connectivity index (χ2v) is 8.72. The van der Waals surface area contributed by atoms with Crippen molar-refractivity contribution >= 4 is 23.4 Å². The minimum absolute atomic E-state index is 0.0704. The van der Waals surface area contributed by atoms with Gasteiger partial charge in [-0.3, -0.25) is 14.3 Å². The van der Waals surface area contributed by atoms with Gasteiger partial charge in [0, 0.05) is 23.6 Å². The number of anilines is 1. The van der Waals surface area contributed by atoms with E-state index in [0.29, 0.717) is 11.7 Å². The standard InChI is InChI=1S/C25H25N5OS/c1-3-19-9-11-22(12-10-19)27-24(31)18(2)32-25-29-28-23(21-13-15-26-16-14-21)30(25)17-20-7-5-4-6-8-20/h4-16,18H,3,17H2,1-2H3,(H,27,31)/t18-/m0/s1. The number of nitrogens with one attached hydrogen (secondary N) is 1. The molecule has 0 aliphatic heterocycles. The van der Waals surface area contributed by atoms with Crippen LogP contribution in [0.3, 0.4) is 0 Å². The Morgan fingerprint density at radius 1 is 0.969 bits per heavy atom. The lowest BCUT2D eigenvalue weighted by atomic mass is 10.1. The Morgan fingerprint density at radius 3 is 2.38 bits per heavy atom. The van der Waals surface area contributed by atoms with Gasteiger partial charge in [-0.25, -0.2) is 0 Å². The van der Waals surface area contributed by atoms with E-state index >= 15 is 0 Å². The van der Waals surface area contributed by atoms with E-state index in [0.717, 1.165) is 29.1 Å². The van der Waals surface area contributed by atoms with Gasteiger partial charge in [0.1, 0.15) is 0 Å². The minimum atomic E-state index is -0.343. The molecule has 0 bridgehead atoms. The van der Waals surface area contributed by atoms with Crippen LogP contribution < -0.4 is 5.32 Å². The first-order valence-electron chi connectivity index (χ1n) is 10.6. The number of aryl methyl sites for hydroxylation is 1. The number of carbonyl (C=O) groups excluding carboxylic acids is 1. The summed E-state index contributed by atoms with van der Waals surface area (Å²) in [7, 11) is 0. The molecule has 4 rings (SSSR count). The Morgan fingerprint density at radius 2 is 1.69 bits per heavy atom. The molecule has 0 radical (unpaired) electrons. The summed E-state index contributed by atoms with van der Waals surface area (Å²) in [5.41, 5.74) is 4.10. The molecular formula is C25H25N5OS. The SMILES string of the molecule is CCc1ccc(NC(=O)[C@H](C)Sc2nnc(-c3ccncc3)n2Cc2ccccc2)cc1. The Kier molecular flexibility index (Phi) is 6.97. The third-order valence-corrected chi connectivity index (χ3v) is 6.20. The highest BCUT2D eigenvalue weighted by molar-refractivity contribution is 8.00. The van der Waals surface area contributed by atoms with Gasteiger partial charge >= 0.3 is 0 Å². The normalized spacial score (nSPS) is 11.8. The molecule has 0 spiro atoms. The summed E-state index contributed by atoms with van der Waals surface area (Å²) < 4.78 is 2.05. The largest absolute Gasteiger partial charge is 0.325 e. The van der Waals surface area contributed by atoms with Crippen molar-refractivity contribution < 1.29 is 4.79 Å². The van der Waals surface area contributed by atoms with E-state index in [9.17, 15) is 4.79 Å². The summed E-state index contributed by atoms with van der Waals surface area (Å²) in [5, 5.41) is 12.2. The van der Waals surface area contributed by atoms with Gasteiger partial charge in [-0.1, -0.05) is 61.2 Å². The number of thioether (sulfide) groups is 1. The monoisotopic (exact) mass is 443 g/mol. The Bertz CT molecular complexity index is 1160. The summed E-state index contributed by atoms with van der Waals surface area (Å²) in [6, 6.07) is 21.9. The van der Waals surface area contributed by atoms with E-state index in [1.54, 1.807) is 12.4 Å². The van der Waals surface area contributed by atoms with E-state index < -0.39 is 0 Å². The van der Waals surface area contributed by atoms with Crippen LogP contribution in [0, 0.1) is 0 Å². The van der Waals surface area contributed by atoms with Crippen molar-refractivity contribution in [3.05, 3.63) is 90.3 Å². The summed E-state index contributed by atoms with van der Waals surface area (Å²) in [5.74, 6) is 0.681. The maximum atomic E-state index is 12.8. The first-order chi connectivity index (χ1) is 15.6. The van der Waals surface area contributed by atoms with Crippen molar-refractivity contribution in [2.24, 2.45) is 0 Å². The van der Waals surface area contributed by atoms with Crippen LogP contribution >= 0.6 is 11.8 Å². The van der Waals surface area contributed by atoms with Gasteiger partial charge in [0.15, 0.2) is 11.0 Å². The second-order valence-electron chi connectivity index (χ2n) is 7.41. The molecule has 1 N–H and O–H groups in total. The van der Waals surface area contributed by atoms with E-state index in [-0.39, 0.29) is 11.2 Å². The molecule has 0 aliphatic carbocycles. The number of carbonyl (C=O) groups is 1. The lowest BCUT2D eigenvalue weighted by Gasteiger charge is -2.14. The molecule has 4 aromatic rings. The third kappa shape index (κ3) is 5.23. The molecule has 2 aromatic carbocycles. The average Bonchev–Trinajstić information content (AvgIpc) is 3.22. The molecule has 0 fully saturated rings. The zero-order valence-electron chi connectivity index (χ0n) is 18.1. The summed E-state index contributed by atoms with van der Waals surface area (Å²) in [6.07, 6.45) is 4.45. The number of nitrogens with zero attached hydrogens (tertiary/aromatic N) is 4. The van der Waals surface area contributed by atoms with Gasteiger partial charge in [-0.05, 0) is 48.7 Å². The maximum Gasteiger partial charge on any atom is 0.237 e. The fraction of sp³-hybridized carbons (Fsp3) is 0.200. The molecule has 0 aliphatic rings. The Hall–Kier alpha value is -3.45. The second kappa shape index (κ2) is 10.2. The highest BCUT2D eigenvalue weighted by Crippen LogP contribution is 2.28. The molecule has 32 heavy (non-hydrogen) atoms. The van der Waals surface area contributed by atoms with Gasteiger partial charge in [-0.15, -0.1) is 10.2 Å². The van der Waals surface area contributed by atoms with Crippen LogP contribution in [-0.4, -0.2) is 30.9 Å². The van der Waals surface area contributed by atoms with Crippen LogP contribution in [0.25, 0.3) is 11.4 Å². The van der Waals surface area contributed by atoms with Crippen molar-refractivity contribution in [2.45, 2.75) is 37.2 Å². The molecule has 0 saturated heterocycles. The highest BCUT2D eigenvalue weighted by Gasteiger charge is 2.21. The fourth-order valence-corrected chi connectivity index (χ4v) is 4.13. The van der Waals surface area contributed by atoms with Crippen molar-refractivity contribution in [2.75, 3.05) is 5.32 Å². The van der Waals surface area contributed by atoms with Gasteiger partial charge in [0.2, 0.25) is 5.91 Å². The molecule has 6 nitrogen and oxygen atoms in total. The first kappa shape index (κ1) is 21.8. The summed E-state index contributed by atoms with van der Waals surface area (Å²) >= 11 is 1.40. The van der Waals surface area contributed by atoms with Crippen molar-refractivity contribution in [3.8, 4) is 11.4 Å². The number of rotatable bonds is 8. The molecule has 2 aromatic heterocycles. The highest BCUT2D eigenvalue weighted by atomic mass is 32.2. The number of pyridine rings is 1. The topological polar surface area (TPSA) is 72.7 Å². The van der Waals surface area contributed by atoms with Gasteiger partial charge < -0.3 is 5.32 Å². The first-order valence-corrected chi connectivity index (χ1v) is 11.5. The zero-order chi connectivity index (χ0) is 22.3. The summed E-state index contributed by atoms with van der Waals surface area (Å²) in [6.45, 7) is 4.60. The van der Waals surface area contributed by atoms with E-state index in [2.05, 4.69) is 44.1 Å². The van der Waals surface area contributed by atoms with Gasteiger partial charge in [0.05, 0.1) is 11.8 Å². The van der Waals surface area contributed by atoms with Gasteiger partial charge in [-0.2, -0.15) is 0 Å². The van der Waals surface area contributed by atoms with Crippen LogP contribution in [0.15, 0.2) is 84.3 Å². The van der Waals surface area contributed by atoms with Crippen LogP contribution in [0.5, 0.6) is 0 Å². The predicted octanol–water partition coefficient (Wildman–Crippen LogP) is 5.07. The zero-order valence-corrected chi connectivity index (χ0v) is 18.9. The number of amides is 1. The number of hydrogen-bond acceptors (Lipinski definition) is 5. The van der Waals surface area contributed by atoms with Crippen molar-refractivity contribution in [3.63, 3.8) is 0 Å². The lowest BCUT2D eigenvalue weighted by molar-refractivity contribution is -0.115. The molecule has 162 valence electrons. The van der Waals surface area contributed by atoms with Gasteiger partial charge in [0.25, 0.3) is 0 Å². The smallest absolute Gasteiger partial charge is 0.237 e. The summed E-state index contributed by atoms with van der Waals surface area (Å²) in [4.78, 5) is 16.9. The Balaban J connectivity index is 1.55. The molecular weight excluding hydrogens is 418 g/mol. The quantitative estimate of drug-likeness (QED) is 0.385. The van der Waals surface area contributed by atoms with Crippen LogP contribution in [-0.2, 0) is 17.8 Å². The molecule has 1 atom stereocenters. The number of benzene rings is 2. The van der Waals surface area contributed by atoms with Crippen molar-refractivity contribution in [1.29, 1.82) is 0 Å². The van der Waals surface area contributed by atoms with Crippen molar-refractivity contribution in [1.82, 2.24) is 19.7 Å². The fourth-order valence-electron chi connectivity index (χ4n) is 3.28. The molecule has 1 amide bonds. The third-order valence-electron chi connectivity index (χ3n) is 5.12. The maximum absolute atomic E-state index is 12.8. The predicted molar refractivity (Wildman–Crippen MR) is 129 cm³/mol. The lowest BCUT2D eigenvalue weighted by Crippen LogP contribution is -2.23. The minimum Gasteiger partial charge on any atom is -0.325 e. The van der Waals surface area contributed by atoms with E-state index in [1.807, 2.05) is 61.5 Å². The Labute approximate surface area is 192 Å². The molecule has 2 heterocycles. The number of aromatic nitrogens is 4. The van der Waals surface area contributed by atoms with E-state index in [1.165, 1.54) is 17.3 Å². The number of hydrogen-bond donors (Lipinski definition) is 1. The molecule has 0 unspecified atom stereocenters.